The average Bonchev–Trinajstić information content (AvgIpc) is 3.05. The molecule has 0 radical (unpaired) electrons. The summed E-state index contributed by atoms with van der Waals surface area (Å²) in [5.74, 6) is 0.781. The Bertz CT molecular complexity index is 925. The molecule has 0 aliphatic carbocycles. The molecule has 1 aromatic rings. The van der Waals surface area contributed by atoms with Crippen LogP contribution in [0.1, 0.15) is 23.7 Å². The third kappa shape index (κ3) is 15.8. The molecule has 1 amide bonds. The zero-order valence-electron chi connectivity index (χ0n) is 30.3. The molecule has 0 atom stereocenters. The topological polar surface area (TPSA) is 64.3 Å². The first kappa shape index (κ1) is 38.6. The minimum absolute atomic E-state index is 0.0404. The van der Waals surface area contributed by atoms with Crippen molar-refractivity contribution in [2.24, 2.45) is 0 Å². The van der Waals surface area contributed by atoms with E-state index in [9.17, 15) is 4.79 Å². The number of rotatable bonds is 7. The van der Waals surface area contributed by atoms with E-state index in [0.717, 1.165) is 137 Å². The molecular weight excluding hydrogens is 578 g/mol. The van der Waals surface area contributed by atoms with Crippen LogP contribution in [0, 0.1) is 0 Å². The summed E-state index contributed by atoms with van der Waals surface area (Å²) in [6.07, 6.45) is 0.974. The molecule has 3 aliphatic heterocycles. The molecule has 0 spiro atoms. The summed E-state index contributed by atoms with van der Waals surface area (Å²) in [6.45, 7) is 24.1. The van der Waals surface area contributed by atoms with E-state index in [1.807, 2.05) is 31.2 Å². The lowest BCUT2D eigenvalue weighted by atomic mass is 10.2. The van der Waals surface area contributed by atoms with Crippen LogP contribution in [0.4, 0.5) is 0 Å². The Morgan fingerprint density at radius 3 is 1.39 bits per heavy atom. The molecular formula is C35H67N9O2. The zero-order chi connectivity index (χ0) is 33.1. The summed E-state index contributed by atoms with van der Waals surface area (Å²) in [7, 11) is 11.4. The normalized spacial score (nSPS) is 24.8. The van der Waals surface area contributed by atoms with Crippen molar-refractivity contribution in [1.82, 2.24) is 44.5 Å². The Labute approximate surface area is 281 Å². The number of hydrogen-bond donors (Lipinski definition) is 1. The van der Waals surface area contributed by atoms with Crippen LogP contribution < -0.4 is 10.1 Å². The number of likely N-dealkylation sites (N-methyl/N-ethyl adjacent to an activating group) is 5. The fraction of sp³-hybridized carbons (Fsp3) is 0.800. The third-order valence-corrected chi connectivity index (χ3v) is 9.59. The number of amides is 1. The summed E-state index contributed by atoms with van der Waals surface area (Å²) < 4.78 is 6.09. The number of fused-ring (bicyclic) bond motifs is 21. The SMILES string of the molecule is CCNC(=O)c1ccc(OCCCN2CCN(C)CCN3CCN(C)CCN(C)CCN(CCN(C)CCN(C)CC3)CC2)cc1. The van der Waals surface area contributed by atoms with Gasteiger partial charge in [-0.2, -0.15) is 0 Å². The molecule has 4 rings (SSSR count). The van der Waals surface area contributed by atoms with Crippen molar-refractivity contribution in [2.45, 2.75) is 13.3 Å². The molecule has 11 heteroatoms. The molecule has 1 N–H and O–H groups in total. The molecule has 3 aliphatic rings. The molecule has 3 saturated heterocycles. The second-order valence-electron chi connectivity index (χ2n) is 13.6. The van der Waals surface area contributed by atoms with Crippen LogP contribution in [0.5, 0.6) is 5.75 Å². The van der Waals surface area contributed by atoms with Crippen molar-refractivity contribution in [3.8, 4) is 5.75 Å². The predicted molar refractivity (Wildman–Crippen MR) is 191 cm³/mol. The third-order valence-electron chi connectivity index (χ3n) is 9.59. The Morgan fingerprint density at radius 2 is 0.957 bits per heavy atom. The molecule has 2 bridgehead atoms. The largest absolute Gasteiger partial charge is 0.494 e. The van der Waals surface area contributed by atoms with Gasteiger partial charge in [0.15, 0.2) is 0 Å². The molecule has 264 valence electrons. The van der Waals surface area contributed by atoms with Crippen molar-refractivity contribution >= 4 is 5.91 Å². The second kappa shape index (κ2) is 21.9. The number of nitrogens with zero attached hydrogens (tertiary/aromatic N) is 8. The van der Waals surface area contributed by atoms with Gasteiger partial charge in [0.25, 0.3) is 5.91 Å². The zero-order valence-corrected chi connectivity index (χ0v) is 30.3. The van der Waals surface area contributed by atoms with Crippen LogP contribution in [0.2, 0.25) is 0 Å². The number of carbonyl (C=O) groups excluding carboxylic acids is 1. The standard InChI is InChI=1S/C35H67N9O2/c1-7-36-35(45)33-9-11-34(12-10-33)46-32-8-13-42-24-18-41(6)23-27-43-25-19-37(2)14-16-39(4)21-28-44(31-30-42)29-22-40(5)17-15-38(3)20-26-43/h9-12H,7-8,13-32H2,1-6H3,(H,36,45). The highest BCUT2D eigenvalue weighted by Gasteiger charge is 2.16. The van der Waals surface area contributed by atoms with E-state index in [1.165, 1.54) is 0 Å². The molecule has 0 saturated carbocycles. The van der Waals surface area contributed by atoms with Crippen molar-refractivity contribution in [1.29, 1.82) is 0 Å². The van der Waals surface area contributed by atoms with Gasteiger partial charge < -0.3 is 39.5 Å². The predicted octanol–water partition coefficient (Wildman–Crippen LogP) is 0.797. The van der Waals surface area contributed by atoms with Gasteiger partial charge in [-0.3, -0.25) is 14.6 Å². The summed E-state index contributed by atoms with van der Waals surface area (Å²) >= 11 is 0. The smallest absolute Gasteiger partial charge is 0.251 e. The van der Waals surface area contributed by atoms with E-state index < -0.39 is 0 Å². The van der Waals surface area contributed by atoms with Gasteiger partial charge >= 0.3 is 0 Å². The molecule has 3 heterocycles. The Balaban J connectivity index is 1.65. The maximum absolute atomic E-state index is 12.1. The van der Waals surface area contributed by atoms with Crippen molar-refractivity contribution < 1.29 is 9.53 Å². The van der Waals surface area contributed by atoms with Gasteiger partial charge in [0.2, 0.25) is 0 Å². The van der Waals surface area contributed by atoms with E-state index in [0.29, 0.717) is 18.7 Å². The second-order valence-corrected chi connectivity index (χ2v) is 13.6. The lowest BCUT2D eigenvalue weighted by Crippen LogP contribution is -2.47. The summed E-state index contributed by atoms with van der Waals surface area (Å²) in [5, 5.41) is 2.85. The fourth-order valence-electron chi connectivity index (χ4n) is 5.85. The molecule has 46 heavy (non-hydrogen) atoms. The van der Waals surface area contributed by atoms with Crippen molar-refractivity contribution in [3.63, 3.8) is 0 Å². The van der Waals surface area contributed by atoms with E-state index in [4.69, 9.17) is 4.74 Å². The Kier molecular flexibility index (Phi) is 18.4. The van der Waals surface area contributed by atoms with E-state index in [2.05, 4.69) is 79.8 Å². The highest BCUT2D eigenvalue weighted by atomic mass is 16.5. The number of nitrogens with one attached hydrogen (secondary N) is 1. The molecule has 0 unspecified atom stereocenters. The van der Waals surface area contributed by atoms with Gasteiger partial charge in [-0.25, -0.2) is 0 Å². The monoisotopic (exact) mass is 646 g/mol. The quantitative estimate of drug-likeness (QED) is 0.431. The minimum atomic E-state index is -0.0404. The Morgan fingerprint density at radius 1 is 0.587 bits per heavy atom. The van der Waals surface area contributed by atoms with Crippen LogP contribution in [0.15, 0.2) is 24.3 Å². The van der Waals surface area contributed by atoms with Gasteiger partial charge in [0.05, 0.1) is 6.61 Å². The molecule has 11 nitrogen and oxygen atoms in total. The number of ether oxygens (including phenoxy) is 1. The van der Waals surface area contributed by atoms with Gasteiger partial charge in [0.1, 0.15) is 5.75 Å². The van der Waals surface area contributed by atoms with Crippen molar-refractivity contribution in [3.05, 3.63) is 29.8 Å². The van der Waals surface area contributed by atoms with E-state index >= 15 is 0 Å². The van der Waals surface area contributed by atoms with Crippen LogP contribution >= 0.6 is 0 Å². The summed E-state index contributed by atoms with van der Waals surface area (Å²) in [6, 6.07) is 7.49. The fourth-order valence-corrected chi connectivity index (χ4v) is 5.85. The number of benzene rings is 1. The average molecular weight is 646 g/mol. The first-order valence-corrected chi connectivity index (χ1v) is 17.8. The van der Waals surface area contributed by atoms with Gasteiger partial charge in [-0.1, -0.05) is 0 Å². The van der Waals surface area contributed by atoms with Crippen LogP contribution in [-0.2, 0) is 0 Å². The maximum Gasteiger partial charge on any atom is 0.251 e. The highest BCUT2D eigenvalue weighted by molar-refractivity contribution is 5.94. The number of carbonyl (C=O) groups is 1. The van der Waals surface area contributed by atoms with E-state index in [1.54, 1.807) is 0 Å². The van der Waals surface area contributed by atoms with Crippen LogP contribution in [0.25, 0.3) is 0 Å². The molecule has 1 aromatic carbocycles. The molecule has 0 aromatic heterocycles. The van der Waals surface area contributed by atoms with Crippen LogP contribution in [0.3, 0.4) is 0 Å². The van der Waals surface area contributed by atoms with Gasteiger partial charge in [-0.15, -0.1) is 0 Å². The van der Waals surface area contributed by atoms with Crippen molar-refractivity contribution in [2.75, 3.05) is 173 Å². The first-order valence-electron chi connectivity index (χ1n) is 17.8. The summed E-state index contributed by atoms with van der Waals surface area (Å²) in [4.78, 5) is 32.7. The number of hydrogen-bond acceptors (Lipinski definition) is 10. The lowest BCUT2D eigenvalue weighted by molar-refractivity contribution is 0.0955. The summed E-state index contributed by atoms with van der Waals surface area (Å²) in [5.41, 5.74) is 0.670. The minimum Gasteiger partial charge on any atom is -0.494 e. The van der Waals surface area contributed by atoms with E-state index in [-0.39, 0.29) is 5.91 Å². The van der Waals surface area contributed by atoms with Gasteiger partial charge in [0, 0.05) is 136 Å². The van der Waals surface area contributed by atoms with Crippen LogP contribution in [-0.4, -0.2) is 218 Å². The highest BCUT2D eigenvalue weighted by Crippen LogP contribution is 2.13. The molecule has 3 fully saturated rings. The maximum atomic E-state index is 12.1. The first-order chi connectivity index (χ1) is 22.2. The Hall–Kier alpha value is -1.83. The lowest BCUT2D eigenvalue weighted by Gasteiger charge is -2.34. The van der Waals surface area contributed by atoms with Gasteiger partial charge in [-0.05, 0) is 72.8 Å².